The zero-order valence-electron chi connectivity index (χ0n) is 16.1. The maximum absolute atomic E-state index is 13.1. The zero-order chi connectivity index (χ0) is 19.4. The third-order valence-corrected chi connectivity index (χ3v) is 4.65. The molecule has 1 atom stereocenters. The number of hydrogen-bond acceptors (Lipinski definition) is 5. The summed E-state index contributed by atoms with van der Waals surface area (Å²) >= 11 is 0. The van der Waals surface area contributed by atoms with Gasteiger partial charge in [0.15, 0.2) is 12.5 Å². The van der Waals surface area contributed by atoms with Gasteiger partial charge in [-0.3, -0.25) is 9.59 Å². The molecule has 0 fully saturated rings. The van der Waals surface area contributed by atoms with E-state index in [2.05, 4.69) is 4.99 Å². The van der Waals surface area contributed by atoms with Gasteiger partial charge in [0.25, 0.3) is 11.7 Å². The second kappa shape index (κ2) is 8.25. The lowest BCUT2D eigenvalue weighted by molar-refractivity contribution is -0.408. The van der Waals surface area contributed by atoms with E-state index in [0.717, 1.165) is 10.5 Å². The van der Waals surface area contributed by atoms with Gasteiger partial charge < -0.3 is 9.64 Å². The molecule has 8 heteroatoms. The van der Waals surface area contributed by atoms with Crippen molar-refractivity contribution in [3.8, 4) is 0 Å². The maximum atomic E-state index is 13.1. The number of rotatable bonds is 7. The Hall–Kier alpha value is -2.51. The number of fused-ring (bicyclic) bond motifs is 1. The second-order valence-corrected chi connectivity index (χ2v) is 6.06. The number of hydrogen-bond donors (Lipinski definition) is 0. The third-order valence-electron chi connectivity index (χ3n) is 4.65. The molecular formula is C18H27N4O4+. The van der Waals surface area contributed by atoms with E-state index in [1.807, 2.05) is 27.7 Å². The molecular weight excluding hydrogens is 336 g/mol. The number of nitrogens with zero attached hydrogens (tertiary/aromatic N) is 4. The van der Waals surface area contributed by atoms with Crippen molar-refractivity contribution in [2.24, 2.45) is 10.9 Å². The number of imide groups is 1. The first kappa shape index (κ1) is 19.8. The largest absolute Gasteiger partial charge is 0.496 e. The molecule has 0 saturated carbocycles. The van der Waals surface area contributed by atoms with Crippen LogP contribution in [0.25, 0.3) is 0 Å². The number of carbonyl (C=O) groups excluding carboxylic acids is 3. The van der Waals surface area contributed by atoms with Gasteiger partial charge in [-0.25, -0.2) is 4.79 Å². The highest BCUT2D eigenvalue weighted by atomic mass is 16.5. The minimum absolute atomic E-state index is 0.259. The van der Waals surface area contributed by atoms with Crippen molar-refractivity contribution in [1.82, 2.24) is 9.80 Å². The molecule has 2 aliphatic rings. The SMILES string of the molecule is CCOC1=C(CC)C=NC2=[N+](C)C(=O)N(CC(=O)N(CC)CC)C(=O)C12. The summed E-state index contributed by atoms with van der Waals surface area (Å²) in [4.78, 5) is 45.1. The minimum atomic E-state index is -0.790. The second-order valence-electron chi connectivity index (χ2n) is 6.06. The molecule has 0 bridgehead atoms. The fourth-order valence-electron chi connectivity index (χ4n) is 3.17. The van der Waals surface area contributed by atoms with Crippen molar-refractivity contribution in [2.75, 3.05) is 33.3 Å². The summed E-state index contributed by atoms with van der Waals surface area (Å²) in [5, 5.41) is 0. The highest BCUT2D eigenvalue weighted by molar-refractivity contribution is 6.16. The molecule has 1 unspecified atom stereocenters. The number of dihydropyridines is 1. The number of aliphatic imine (C=N–C) groups is 1. The topological polar surface area (TPSA) is 82.3 Å². The lowest BCUT2D eigenvalue weighted by Crippen LogP contribution is -2.57. The molecule has 0 saturated heterocycles. The van der Waals surface area contributed by atoms with Crippen LogP contribution in [0.1, 0.15) is 34.1 Å². The van der Waals surface area contributed by atoms with Gasteiger partial charge in [-0.2, -0.15) is 9.48 Å². The van der Waals surface area contributed by atoms with E-state index in [-0.39, 0.29) is 12.5 Å². The predicted octanol–water partition coefficient (Wildman–Crippen LogP) is 1.26. The summed E-state index contributed by atoms with van der Waals surface area (Å²) in [6, 6.07) is -0.547. The molecule has 0 radical (unpaired) electrons. The smallest absolute Gasteiger partial charge is 0.446 e. The Morgan fingerprint density at radius 3 is 2.46 bits per heavy atom. The van der Waals surface area contributed by atoms with Gasteiger partial charge in [0.1, 0.15) is 12.0 Å². The van der Waals surface area contributed by atoms with Gasteiger partial charge in [-0.05, 0) is 27.2 Å². The van der Waals surface area contributed by atoms with E-state index in [0.29, 0.717) is 37.7 Å². The van der Waals surface area contributed by atoms with Crippen LogP contribution >= 0.6 is 0 Å². The van der Waals surface area contributed by atoms with Crippen molar-refractivity contribution < 1.29 is 23.7 Å². The third kappa shape index (κ3) is 3.40. The molecule has 0 aromatic rings. The van der Waals surface area contributed by atoms with Crippen LogP contribution in [0.15, 0.2) is 16.3 Å². The van der Waals surface area contributed by atoms with Crippen LogP contribution in [-0.2, 0) is 14.3 Å². The summed E-state index contributed by atoms with van der Waals surface area (Å²) in [6.45, 7) is 8.69. The monoisotopic (exact) mass is 363 g/mol. The van der Waals surface area contributed by atoms with Crippen molar-refractivity contribution in [2.45, 2.75) is 34.1 Å². The Labute approximate surface area is 153 Å². The minimum Gasteiger partial charge on any atom is -0.496 e. The van der Waals surface area contributed by atoms with Crippen molar-refractivity contribution in [3.05, 3.63) is 11.3 Å². The lowest BCUT2D eigenvalue weighted by atomic mass is 9.94. The molecule has 0 spiro atoms. The lowest BCUT2D eigenvalue weighted by Gasteiger charge is -2.30. The average Bonchev–Trinajstić information content (AvgIpc) is 2.64. The number of likely N-dealkylation sites (N-methyl/N-ethyl adjacent to an activating group) is 1. The molecule has 2 heterocycles. The van der Waals surface area contributed by atoms with Gasteiger partial charge in [0, 0.05) is 18.7 Å². The number of urea groups is 1. The van der Waals surface area contributed by atoms with Crippen molar-refractivity contribution in [1.29, 1.82) is 0 Å². The number of allylic oxidation sites excluding steroid dienone is 1. The van der Waals surface area contributed by atoms with E-state index in [1.54, 1.807) is 18.2 Å². The molecule has 2 aliphatic heterocycles. The summed E-state index contributed by atoms with van der Waals surface area (Å²) in [7, 11) is 1.56. The molecule has 0 N–H and O–H groups in total. The normalized spacial score (nSPS) is 19.9. The van der Waals surface area contributed by atoms with E-state index >= 15 is 0 Å². The van der Waals surface area contributed by atoms with E-state index in [9.17, 15) is 14.4 Å². The van der Waals surface area contributed by atoms with Gasteiger partial charge >= 0.3 is 11.9 Å². The predicted molar refractivity (Wildman–Crippen MR) is 97.2 cm³/mol. The van der Waals surface area contributed by atoms with Crippen LogP contribution in [0.3, 0.4) is 0 Å². The molecule has 0 aliphatic carbocycles. The molecule has 0 aromatic heterocycles. The first-order valence-corrected chi connectivity index (χ1v) is 9.04. The first-order chi connectivity index (χ1) is 12.4. The van der Waals surface area contributed by atoms with Crippen LogP contribution < -0.4 is 0 Å². The molecule has 142 valence electrons. The van der Waals surface area contributed by atoms with E-state index < -0.39 is 17.9 Å². The number of ether oxygens (including phenoxy) is 1. The zero-order valence-corrected chi connectivity index (χ0v) is 16.1. The Bertz CT molecular complexity index is 704. The Morgan fingerprint density at radius 1 is 1.27 bits per heavy atom. The fourth-order valence-corrected chi connectivity index (χ4v) is 3.17. The van der Waals surface area contributed by atoms with E-state index in [1.165, 1.54) is 4.58 Å². The van der Waals surface area contributed by atoms with Crippen LogP contribution in [0, 0.1) is 5.92 Å². The average molecular weight is 363 g/mol. The highest BCUT2D eigenvalue weighted by Crippen LogP contribution is 2.29. The number of carbonyl (C=O) groups is 3. The highest BCUT2D eigenvalue weighted by Gasteiger charge is 2.51. The molecule has 2 rings (SSSR count). The van der Waals surface area contributed by atoms with Gasteiger partial charge in [-0.1, -0.05) is 6.92 Å². The van der Waals surface area contributed by atoms with Gasteiger partial charge in [0.2, 0.25) is 0 Å². The van der Waals surface area contributed by atoms with Crippen LogP contribution in [0.5, 0.6) is 0 Å². The molecule has 26 heavy (non-hydrogen) atoms. The standard InChI is InChI=1S/C18H27N4O4/c1-6-12-10-19-16-14(15(12)26-9-4)17(24)22(18(25)20(16)5)11-13(23)21(7-2)8-3/h10,14H,6-9,11H2,1-5H3/q+1. The molecule has 4 amide bonds. The van der Waals surface area contributed by atoms with Crippen molar-refractivity contribution >= 4 is 29.9 Å². The Kier molecular flexibility index (Phi) is 6.28. The van der Waals surface area contributed by atoms with Crippen LogP contribution in [-0.4, -0.2) is 77.6 Å². The van der Waals surface area contributed by atoms with Gasteiger partial charge in [0.05, 0.1) is 13.7 Å². The molecule has 0 aromatic carbocycles. The maximum Gasteiger partial charge on any atom is 0.446 e. The fraction of sp³-hybridized carbons (Fsp3) is 0.611. The number of amidine groups is 1. The Balaban J connectivity index is 2.43. The first-order valence-electron chi connectivity index (χ1n) is 9.04. The molecule has 8 nitrogen and oxygen atoms in total. The van der Waals surface area contributed by atoms with E-state index in [4.69, 9.17) is 4.74 Å². The quantitative estimate of drug-likeness (QED) is 0.638. The summed E-state index contributed by atoms with van der Waals surface area (Å²) < 4.78 is 7.06. The van der Waals surface area contributed by atoms with Crippen LogP contribution in [0.2, 0.25) is 0 Å². The summed E-state index contributed by atoms with van der Waals surface area (Å²) in [5.74, 6) is -0.653. The Morgan fingerprint density at radius 2 is 1.92 bits per heavy atom. The van der Waals surface area contributed by atoms with Crippen LogP contribution in [0.4, 0.5) is 4.79 Å². The van der Waals surface area contributed by atoms with Gasteiger partial charge in [-0.15, -0.1) is 4.99 Å². The number of amides is 4. The summed E-state index contributed by atoms with van der Waals surface area (Å²) in [5.41, 5.74) is 0.826. The van der Waals surface area contributed by atoms with Crippen molar-refractivity contribution in [3.63, 3.8) is 0 Å². The summed E-state index contributed by atoms with van der Waals surface area (Å²) in [6.07, 6.45) is 2.30.